The summed E-state index contributed by atoms with van der Waals surface area (Å²) in [7, 11) is 0. The molecule has 0 aliphatic rings. The lowest BCUT2D eigenvalue weighted by molar-refractivity contribution is 0.641. The van der Waals surface area contributed by atoms with Crippen molar-refractivity contribution in [3.8, 4) is 0 Å². The van der Waals surface area contributed by atoms with Gasteiger partial charge in [0.1, 0.15) is 5.82 Å². The first-order valence-electron chi connectivity index (χ1n) is 5.88. The van der Waals surface area contributed by atoms with E-state index in [4.69, 9.17) is 11.6 Å². The molecule has 2 aromatic rings. The van der Waals surface area contributed by atoms with Gasteiger partial charge in [0.2, 0.25) is 0 Å². The maximum absolute atomic E-state index is 5.94. The van der Waals surface area contributed by atoms with E-state index in [1.165, 1.54) is 5.56 Å². The van der Waals surface area contributed by atoms with Crippen LogP contribution in [0.1, 0.15) is 17.8 Å². The quantitative estimate of drug-likeness (QED) is 0.796. The second kappa shape index (κ2) is 6.92. The van der Waals surface area contributed by atoms with E-state index in [0.717, 1.165) is 41.3 Å². The fraction of sp³-hybridized carbons (Fsp3) is 0.308. The zero-order chi connectivity index (χ0) is 12.8. The van der Waals surface area contributed by atoms with Crippen molar-refractivity contribution in [3.63, 3.8) is 0 Å². The van der Waals surface area contributed by atoms with Crippen LogP contribution in [0.2, 0.25) is 5.02 Å². The van der Waals surface area contributed by atoms with Gasteiger partial charge in [-0.25, -0.2) is 4.98 Å². The SMILES string of the molecule is Clc1ccc(CNCCCc2ncc[nH]2)cc1Br. The van der Waals surface area contributed by atoms with Crippen molar-refractivity contribution in [2.45, 2.75) is 19.4 Å². The number of imidazole rings is 1. The zero-order valence-corrected chi connectivity index (χ0v) is 12.3. The molecule has 0 spiro atoms. The van der Waals surface area contributed by atoms with E-state index in [0.29, 0.717) is 0 Å². The van der Waals surface area contributed by atoms with Gasteiger partial charge in [0.25, 0.3) is 0 Å². The summed E-state index contributed by atoms with van der Waals surface area (Å²) in [5, 5.41) is 4.15. The molecule has 0 amide bonds. The summed E-state index contributed by atoms with van der Waals surface area (Å²) in [4.78, 5) is 7.29. The molecule has 0 aliphatic heterocycles. The highest BCUT2D eigenvalue weighted by molar-refractivity contribution is 9.10. The average molecular weight is 329 g/mol. The topological polar surface area (TPSA) is 40.7 Å². The van der Waals surface area contributed by atoms with Crippen molar-refractivity contribution in [2.24, 2.45) is 0 Å². The molecular weight excluding hydrogens is 314 g/mol. The van der Waals surface area contributed by atoms with Gasteiger partial charge in [-0.15, -0.1) is 0 Å². The third-order valence-electron chi connectivity index (χ3n) is 2.64. The molecule has 2 N–H and O–H groups in total. The number of H-pyrrole nitrogens is 1. The number of hydrogen-bond acceptors (Lipinski definition) is 2. The third kappa shape index (κ3) is 4.12. The van der Waals surface area contributed by atoms with Crippen molar-refractivity contribution in [2.75, 3.05) is 6.54 Å². The van der Waals surface area contributed by atoms with Gasteiger partial charge in [0, 0.05) is 29.8 Å². The summed E-state index contributed by atoms with van der Waals surface area (Å²) >= 11 is 9.37. The van der Waals surface area contributed by atoms with Crippen LogP contribution in [-0.2, 0) is 13.0 Å². The number of aromatic amines is 1. The highest BCUT2D eigenvalue weighted by Gasteiger charge is 1.99. The maximum Gasteiger partial charge on any atom is 0.106 e. The Hall–Kier alpha value is -0.840. The van der Waals surface area contributed by atoms with Crippen LogP contribution in [-0.4, -0.2) is 16.5 Å². The Bertz CT molecular complexity index is 485. The summed E-state index contributed by atoms with van der Waals surface area (Å²) in [5.74, 6) is 1.05. The molecule has 0 fully saturated rings. The second-order valence-electron chi connectivity index (χ2n) is 4.06. The Morgan fingerprint density at radius 1 is 1.39 bits per heavy atom. The van der Waals surface area contributed by atoms with Crippen LogP contribution in [0.3, 0.4) is 0 Å². The number of aromatic nitrogens is 2. The van der Waals surface area contributed by atoms with Crippen LogP contribution in [0.25, 0.3) is 0 Å². The normalized spacial score (nSPS) is 10.8. The highest BCUT2D eigenvalue weighted by Crippen LogP contribution is 2.23. The van der Waals surface area contributed by atoms with Crippen LogP contribution in [0.15, 0.2) is 35.1 Å². The average Bonchev–Trinajstić information content (AvgIpc) is 2.86. The summed E-state index contributed by atoms with van der Waals surface area (Å²) in [6.45, 7) is 1.83. The van der Waals surface area contributed by atoms with E-state index >= 15 is 0 Å². The molecule has 0 saturated carbocycles. The van der Waals surface area contributed by atoms with Crippen LogP contribution in [0, 0.1) is 0 Å². The summed E-state index contributed by atoms with van der Waals surface area (Å²) < 4.78 is 0.944. The molecule has 0 radical (unpaired) electrons. The zero-order valence-electron chi connectivity index (χ0n) is 9.92. The van der Waals surface area contributed by atoms with Crippen LogP contribution in [0.5, 0.6) is 0 Å². The van der Waals surface area contributed by atoms with E-state index in [1.807, 2.05) is 24.4 Å². The van der Waals surface area contributed by atoms with Gasteiger partial charge in [-0.05, 0) is 46.6 Å². The molecule has 1 aromatic carbocycles. The lowest BCUT2D eigenvalue weighted by atomic mass is 10.2. The summed E-state index contributed by atoms with van der Waals surface area (Å²) in [6, 6.07) is 5.99. The summed E-state index contributed by atoms with van der Waals surface area (Å²) in [6.07, 6.45) is 5.69. The molecule has 0 atom stereocenters. The Kier molecular flexibility index (Phi) is 5.23. The van der Waals surface area contributed by atoms with E-state index in [-0.39, 0.29) is 0 Å². The van der Waals surface area contributed by atoms with E-state index < -0.39 is 0 Å². The molecule has 3 nitrogen and oxygen atoms in total. The second-order valence-corrected chi connectivity index (χ2v) is 5.33. The number of rotatable bonds is 6. The van der Waals surface area contributed by atoms with Gasteiger partial charge in [-0.1, -0.05) is 17.7 Å². The molecule has 1 aromatic heterocycles. The lowest BCUT2D eigenvalue weighted by Crippen LogP contribution is -2.15. The number of nitrogens with zero attached hydrogens (tertiary/aromatic N) is 1. The molecule has 1 heterocycles. The Morgan fingerprint density at radius 2 is 2.28 bits per heavy atom. The van der Waals surface area contributed by atoms with Gasteiger partial charge < -0.3 is 10.3 Å². The minimum absolute atomic E-state index is 0.747. The number of benzene rings is 1. The molecule has 0 bridgehead atoms. The fourth-order valence-corrected chi connectivity index (χ4v) is 2.24. The van der Waals surface area contributed by atoms with Gasteiger partial charge in [-0.2, -0.15) is 0 Å². The maximum atomic E-state index is 5.94. The molecular formula is C13H15BrClN3. The van der Waals surface area contributed by atoms with Gasteiger partial charge >= 0.3 is 0 Å². The van der Waals surface area contributed by atoms with E-state index in [1.54, 1.807) is 6.20 Å². The van der Waals surface area contributed by atoms with Crippen molar-refractivity contribution in [1.29, 1.82) is 0 Å². The standard InChI is InChI=1S/C13H15BrClN3/c14-11-8-10(3-4-12(11)15)9-16-5-1-2-13-17-6-7-18-13/h3-4,6-8,16H,1-2,5,9H2,(H,17,18). The minimum atomic E-state index is 0.747. The molecule has 18 heavy (non-hydrogen) atoms. The molecule has 0 saturated heterocycles. The van der Waals surface area contributed by atoms with Crippen molar-refractivity contribution >= 4 is 27.5 Å². The molecule has 0 aliphatic carbocycles. The molecule has 0 unspecified atom stereocenters. The highest BCUT2D eigenvalue weighted by atomic mass is 79.9. The Morgan fingerprint density at radius 3 is 3.00 bits per heavy atom. The minimum Gasteiger partial charge on any atom is -0.349 e. The van der Waals surface area contributed by atoms with Gasteiger partial charge in [0.15, 0.2) is 0 Å². The largest absolute Gasteiger partial charge is 0.349 e. The van der Waals surface area contributed by atoms with Crippen molar-refractivity contribution < 1.29 is 0 Å². The lowest BCUT2D eigenvalue weighted by Gasteiger charge is -2.05. The fourth-order valence-electron chi connectivity index (χ4n) is 1.70. The number of nitrogens with one attached hydrogen (secondary N) is 2. The first-order chi connectivity index (χ1) is 8.75. The molecule has 5 heteroatoms. The van der Waals surface area contributed by atoms with Crippen LogP contribution >= 0.6 is 27.5 Å². The number of aryl methyl sites for hydroxylation is 1. The molecule has 2 rings (SSSR count). The predicted octanol–water partition coefficient (Wildman–Crippen LogP) is 3.55. The molecule has 96 valence electrons. The monoisotopic (exact) mass is 327 g/mol. The smallest absolute Gasteiger partial charge is 0.106 e. The Labute approximate surface area is 120 Å². The predicted molar refractivity (Wildman–Crippen MR) is 77.8 cm³/mol. The van der Waals surface area contributed by atoms with Gasteiger partial charge in [0.05, 0.1) is 5.02 Å². The Balaban J connectivity index is 1.67. The summed E-state index contributed by atoms with van der Waals surface area (Å²) in [5.41, 5.74) is 1.23. The number of hydrogen-bond donors (Lipinski definition) is 2. The third-order valence-corrected chi connectivity index (χ3v) is 3.85. The van der Waals surface area contributed by atoms with Gasteiger partial charge in [-0.3, -0.25) is 0 Å². The van der Waals surface area contributed by atoms with Crippen LogP contribution in [0.4, 0.5) is 0 Å². The van der Waals surface area contributed by atoms with Crippen molar-refractivity contribution in [1.82, 2.24) is 15.3 Å². The van der Waals surface area contributed by atoms with Crippen molar-refractivity contribution in [3.05, 3.63) is 51.5 Å². The van der Waals surface area contributed by atoms with E-state index in [9.17, 15) is 0 Å². The first-order valence-corrected chi connectivity index (χ1v) is 7.05. The first kappa shape index (κ1) is 13.6. The van der Waals surface area contributed by atoms with E-state index in [2.05, 4.69) is 31.2 Å². The van der Waals surface area contributed by atoms with Crippen LogP contribution < -0.4 is 5.32 Å². The number of halogens is 2.